The highest BCUT2D eigenvalue weighted by Crippen LogP contribution is 2.28. The van der Waals surface area contributed by atoms with Crippen LogP contribution in [0.4, 0.5) is 4.79 Å². The van der Waals surface area contributed by atoms with Crippen molar-refractivity contribution in [3.05, 3.63) is 28.3 Å². The van der Waals surface area contributed by atoms with Gasteiger partial charge >= 0.3 is 6.09 Å². The van der Waals surface area contributed by atoms with Gasteiger partial charge in [0, 0.05) is 6.54 Å². The monoisotopic (exact) mass is 271 g/mol. The first-order valence-electron chi connectivity index (χ1n) is 5.90. The van der Waals surface area contributed by atoms with Crippen LogP contribution in [0.15, 0.2) is 12.1 Å². The largest absolute Gasteiger partial charge is 0.492 e. The molecule has 0 aliphatic heterocycles. The highest BCUT2D eigenvalue weighted by atomic mass is 35.5. The normalized spacial score (nSPS) is 10.0. The van der Waals surface area contributed by atoms with Gasteiger partial charge in [-0.25, -0.2) is 4.79 Å². The van der Waals surface area contributed by atoms with E-state index in [1.807, 2.05) is 19.9 Å². The third kappa shape index (κ3) is 4.11. The number of aryl methyl sites for hydroxylation is 1. The smallest absolute Gasteiger partial charge is 0.407 e. The van der Waals surface area contributed by atoms with Crippen molar-refractivity contribution in [3.8, 4) is 5.75 Å². The van der Waals surface area contributed by atoms with Crippen molar-refractivity contribution in [2.24, 2.45) is 0 Å². The van der Waals surface area contributed by atoms with Gasteiger partial charge in [-0.2, -0.15) is 0 Å². The van der Waals surface area contributed by atoms with Crippen molar-refractivity contribution in [1.29, 1.82) is 0 Å². The van der Waals surface area contributed by atoms with Gasteiger partial charge in [0.2, 0.25) is 0 Å². The standard InChI is InChI=1S/C13H18ClNO3/c1-4-17-12-6-9(3)10(7-11(12)14)8-15-13(16)18-5-2/h6-7H,4-5,8H2,1-3H3,(H,15,16). The van der Waals surface area contributed by atoms with Crippen molar-refractivity contribution in [3.63, 3.8) is 0 Å². The molecule has 0 spiro atoms. The molecule has 100 valence electrons. The Bertz CT molecular complexity index is 421. The summed E-state index contributed by atoms with van der Waals surface area (Å²) in [6.45, 7) is 6.92. The molecule has 0 aliphatic rings. The van der Waals surface area contributed by atoms with Crippen molar-refractivity contribution < 1.29 is 14.3 Å². The molecule has 0 fully saturated rings. The van der Waals surface area contributed by atoms with Gasteiger partial charge in [0.05, 0.1) is 18.2 Å². The molecular weight excluding hydrogens is 254 g/mol. The Morgan fingerprint density at radius 1 is 1.33 bits per heavy atom. The van der Waals surface area contributed by atoms with E-state index in [9.17, 15) is 4.79 Å². The van der Waals surface area contributed by atoms with Crippen LogP contribution in [0.2, 0.25) is 5.02 Å². The van der Waals surface area contributed by atoms with Gasteiger partial charge in [-0.1, -0.05) is 11.6 Å². The number of halogens is 1. The van der Waals surface area contributed by atoms with Crippen LogP contribution in [-0.4, -0.2) is 19.3 Å². The molecule has 1 rings (SSSR count). The summed E-state index contributed by atoms with van der Waals surface area (Å²) in [4.78, 5) is 11.2. The molecular formula is C13H18ClNO3. The minimum absolute atomic E-state index is 0.356. The first-order chi connectivity index (χ1) is 8.58. The van der Waals surface area contributed by atoms with Crippen LogP contribution >= 0.6 is 11.6 Å². The maximum atomic E-state index is 11.2. The summed E-state index contributed by atoms with van der Waals surface area (Å²) in [5.41, 5.74) is 1.95. The lowest BCUT2D eigenvalue weighted by molar-refractivity contribution is 0.151. The molecule has 18 heavy (non-hydrogen) atoms. The van der Waals surface area contributed by atoms with Crippen LogP contribution in [0, 0.1) is 6.92 Å². The van der Waals surface area contributed by atoms with Crippen LogP contribution in [-0.2, 0) is 11.3 Å². The minimum Gasteiger partial charge on any atom is -0.492 e. The Labute approximate surface area is 112 Å². The van der Waals surface area contributed by atoms with Gasteiger partial charge < -0.3 is 14.8 Å². The number of rotatable bonds is 5. The zero-order valence-corrected chi connectivity index (χ0v) is 11.6. The lowest BCUT2D eigenvalue weighted by atomic mass is 10.1. The lowest BCUT2D eigenvalue weighted by Crippen LogP contribution is -2.24. The number of amides is 1. The lowest BCUT2D eigenvalue weighted by Gasteiger charge is -2.12. The predicted octanol–water partition coefficient (Wildman–Crippen LogP) is 3.29. The van der Waals surface area contributed by atoms with Crippen molar-refractivity contribution in [2.45, 2.75) is 27.3 Å². The van der Waals surface area contributed by atoms with E-state index < -0.39 is 6.09 Å². The molecule has 1 N–H and O–H groups in total. The number of benzene rings is 1. The molecule has 1 aromatic carbocycles. The predicted molar refractivity (Wildman–Crippen MR) is 71.2 cm³/mol. The zero-order valence-electron chi connectivity index (χ0n) is 10.9. The molecule has 5 heteroatoms. The Hall–Kier alpha value is -1.42. The second-order valence-corrected chi connectivity index (χ2v) is 4.12. The van der Waals surface area contributed by atoms with E-state index >= 15 is 0 Å². The molecule has 0 aromatic heterocycles. The molecule has 0 bridgehead atoms. The number of nitrogens with one attached hydrogen (secondary N) is 1. The third-order valence-electron chi connectivity index (χ3n) is 2.39. The fourth-order valence-corrected chi connectivity index (χ4v) is 1.74. The third-order valence-corrected chi connectivity index (χ3v) is 2.68. The van der Waals surface area contributed by atoms with E-state index in [1.165, 1.54) is 0 Å². The second-order valence-electron chi connectivity index (χ2n) is 3.72. The maximum absolute atomic E-state index is 11.2. The fourth-order valence-electron chi connectivity index (χ4n) is 1.50. The maximum Gasteiger partial charge on any atom is 0.407 e. The van der Waals surface area contributed by atoms with Gasteiger partial charge in [0.1, 0.15) is 5.75 Å². The van der Waals surface area contributed by atoms with Gasteiger partial charge in [-0.05, 0) is 44.0 Å². The van der Waals surface area contributed by atoms with Crippen LogP contribution in [0.5, 0.6) is 5.75 Å². The van der Waals surface area contributed by atoms with Crippen molar-refractivity contribution in [2.75, 3.05) is 13.2 Å². The first-order valence-corrected chi connectivity index (χ1v) is 6.28. The minimum atomic E-state index is -0.429. The number of alkyl carbamates (subject to hydrolysis) is 1. The van der Waals surface area contributed by atoms with Crippen LogP contribution < -0.4 is 10.1 Å². The summed E-state index contributed by atoms with van der Waals surface area (Å²) < 4.78 is 10.2. The quantitative estimate of drug-likeness (QED) is 0.894. The zero-order chi connectivity index (χ0) is 13.5. The molecule has 1 aromatic rings. The van der Waals surface area contributed by atoms with E-state index in [2.05, 4.69) is 5.32 Å². The number of hydrogen-bond donors (Lipinski definition) is 1. The van der Waals surface area contributed by atoms with E-state index in [0.717, 1.165) is 11.1 Å². The van der Waals surface area contributed by atoms with Crippen LogP contribution in [0.25, 0.3) is 0 Å². The molecule has 0 saturated heterocycles. The van der Waals surface area contributed by atoms with E-state index in [1.54, 1.807) is 13.0 Å². The van der Waals surface area contributed by atoms with E-state index in [4.69, 9.17) is 21.1 Å². The average Bonchev–Trinajstić information content (AvgIpc) is 2.32. The van der Waals surface area contributed by atoms with Crippen LogP contribution in [0.1, 0.15) is 25.0 Å². The molecule has 1 amide bonds. The summed E-state index contributed by atoms with van der Waals surface area (Å²) in [5.74, 6) is 0.663. The molecule has 0 heterocycles. The summed E-state index contributed by atoms with van der Waals surface area (Å²) in [7, 11) is 0. The van der Waals surface area contributed by atoms with Gasteiger partial charge in [-0.3, -0.25) is 0 Å². The number of hydrogen-bond acceptors (Lipinski definition) is 3. The highest BCUT2D eigenvalue weighted by molar-refractivity contribution is 6.32. The van der Waals surface area contributed by atoms with Crippen molar-refractivity contribution in [1.82, 2.24) is 5.32 Å². The van der Waals surface area contributed by atoms with E-state index in [0.29, 0.717) is 30.5 Å². The molecule has 0 atom stereocenters. The summed E-state index contributed by atoms with van der Waals surface area (Å²) in [5, 5.41) is 3.20. The van der Waals surface area contributed by atoms with E-state index in [-0.39, 0.29) is 0 Å². The number of carbonyl (C=O) groups excluding carboxylic acids is 1. The summed E-state index contributed by atoms with van der Waals surface area (Å²) in [6.07, 6.45) is -0.429. The summed E-state index contributed by atoms with van der Waals surface area (Å²) in [6, 6.07) is 3.67. The molecule has 0 radical (unpaired) electrons. The highest BCUT2D eigenvalue weighted by Gasteiger charge is 2.08. The Kier molecular flexibility index (Phi) is 5.78. The first kappa shape index (κ1) is 14.6. The Morgan fingerprint density at radius 3 is 2.67 bits per heavy atom. The molecule has 0 unspecified atom stereocenters. The second kappa shape index (κ2) is 7.11. The number of carbonyl (C=O) groups is 1. The van der Waals surface area contributed by atoms with Gasteiger partial charge in [-0.15, -0.1) is 0 Å². The Balaban J connectivity index is 2.72. The molecule has 4 nitrogen and oxygen atoms in total. The van der Waals surface area contributed by atoms with Gasteiger partial charge in [0.25, 0.3) is 0 Å². The Morgan fingerprint density at radius 2 is 2.06 bits per heavy atom. The molecule has 0 aliphatic carbocycles. The van der Waals surface area contributed by atoms with Crippen LogP contribution in [0.3, 0.4) is 0 Å². The number of ether oxygens (including phenoxy) is 2. The molecule has 0 saturated carbocycles. The average molecular weight is 272 g/mol. The summed E-state index contributed by atoms with van der Waals surface area (Å²) >= 11 is 6.09. The SMILES string of the molecule is CCOC(=O)NCc1cc(Cl)c(OCC)cc1C. The fraction of sp³-hybridized carbons (Fsp3) is 0.462. The van der Waals surface area contributed by atoms with Crippen molar-refractivity contribution >= 4 is 17.7 Å². The topological polar surface area (TPSA) is 47.6 Å². The van der Waals surface area contributed by atoms with Gasteiger partial charge in [0.15, 0.2) is 0 Å².